The van der Waals surface area contributed by atoms with Crippen LogP contribution in [0.4, 0.5) is 0 Å². The van der Waals surface area contributed by atoms with E-state index in [9.17, 15) is 9.90 Å². The molecule has 0 saturated carbocycles. The summed E-state index contributed by atoms with van der Waals surface area (Å²) in [6.07, 6.45) is 3.16. The Morgan fingerprint density at radius 3 is 3.00 bits per heavy atom. The maximum atomic E-state index is 11.6. The van der Waals surface area contributed by atoms with Crippen LogP contribution < -0.4 is 0 Å². The molecule has 1 aromatic heterocycles. The van der Waals surface area contributed by atoms with Gasteiger partial charge >= 0.3 is 5.97 Å². The molecule has 1 aliphatic rings. The summed E-state index contributed by atoms with van der Waals surface area (Å²) in [7, 11) is 1.54. The number of hydrogen-bond acceptors (Lipinski definition) is 5. The molecule has 0 bridgehead atoms. The van der Waals surface area contributed by atoms with Crippen LogP contribution in [0.25, 0.3) is 0 Å². The fraction of sp³-hybridized carbons (Fsp3) is 0.750. The first-order valence-electron chi connectivity index (χ1n) is 6.49. The molecule has 2 heterocycles. The molecule has 1 unspecified atom stereocenters. The minimum absolute atomic E-state index is 0.199. The quantitative estimate of drug-likeness (QED) is 0.802. The Hall–Kier alpha value is -1.47. The molecule has 1 aromatic rings. The molecule has 1 fully saturated rings. The molecule has 7 nitrogen and oxygen atoms in total. The highest BCUT2D eigenvalue weighted by molar-refractivity contribution is 5.79. The summed E-state index contributed by atoms with van der Waals surface area (Å²) in [4.78, 5) is 15.1. The molecule has 7 heteroatoms. The van der Waals surface area contributed by atoms with E-state index in [0.717, 1.165) is 18.7 Å². The van der Waals surface area contributed by atoms with Gasteiger partial charge in [-0.25, -0.2) is 0 Å². The largest absolute Gasteiger partial charge is 0.480 e. The lowest BCUT2D eigenvalue weighted by atomic mass is 9.97. The summed E-state index contributed by atoms with van der Waals surface area (Å²) < 4.78 is 5.12. The van der Waals surface area contributed by atoms with Crippen molar-refractivity contribution in [2.24, 2.45) is 0 Å². The molecule has 1 atom stereocenters. The monoisotopic (exact) mass is 268 g/mol. The van der Waals surface area contributed by atoms with E-state index in [-0.39, 0.29) is 6.61 Å². The number of likely N-dealkylation sites (tertiary alicyclic amines) is 1. The molecule has 1 saturated heterocycles. The standard InChI is InChI=1S/C12H20N4O3/c1-3-16-13-7-10(14-16)8-15-6-4-5-12(15,9-19-2)11(17)18/h7H,3-6,8-9H2,1-2H3,(H,17,18). The van der Waals surface area contributed by atoms with Crippen molar-refractivity contribution in [1.82, 2.24) is 19.9 Å². The molecule has 1 aliphatic heterocycles. The number of methoxy groups -OCH3 is 1. The summed E-state index contributed by atoms with van der Waals surface area (Å²) in [6, 6.07) is 0. The van der Waals surface area contributed by atoms with Gasteiger partial charge < -0.3 is 9.84 Å². The second-order valence-electron chi connectivity index (χ2n) is 4.82. The fourth-order valence-corrected chi connectivity index (χ4v) is 2.62. The van der Waals surface area contributed by atoms with Crippen molar-refractivity contribution in [2.75, 3.05) is 20.3 Å². The Bertz CT molecular complexity index is 448. The Balaban J connectivity index is 2.15. The highest BCUT2D eigenvalue weighted by Crippen LogP contribution is 2.31. The number of aromatic nitrogens is 3. The number of hydrogen-bond donors (Lipinski definition) is 1. The van der Waals surface area contributed by atoms with Crippen LogP contribution in [-0.2, 0) is 22.6 Å². The third-order valence-corrected chi connectivity index (χ3v) is 3.62. The van der Waals surface area contributed by atoms with E-state index >= 15 is 0 Å². The molecule has 0 aliphatic carbocycles. The Labute approximate surface area is 112 Å². The summed E-state index contributed by atoms with van der Waals surface area (Å²) in [5, 5.41) is 18.0. The zero-order valence-electron chi connectivity index (χ0n) is 11.4. The van der Waals surface area contributed by atoms with Gasteiger partial charge in [0.15, 0.2) is 0 Å². The molecule has 0 radical (unpaired) electrons. The molecule has 2 rings (SSSR count). The van der Waals surface area contributed by atoms with Crippen molar-refractivity contribution in [3.05, 3.63) is 11.9 Å². The highest BCUT2D eigenvalue weighted by atomic mass is 16.5. The summed E-state index contributed by atoms with van der Waals surface area (Å²) in [5.41, 5.74) is -0.129. The lowest BCUT2D eigenvalue weighted by Gasteiger charge is -2.33. The van der Waals surface area contributed by atoms with Gasteiger partial charge in [0.05, 0.1) is 25.0 Å². The third kappa shape index (κ3) is 2.62. The van der Waals surface area contributed by atoms with Crippen molar-refractivity contribution >= 4 is 5.97 Å². The normalized spacial score (nSPS) is 23.9. The number of carboxylic acids is 1. The molecular formula is C12H20N4O3. The zero-order valence-corrected chi connectivity index (χ0v) is 11.4. The van der Waals surface area contributed by atoms with Crippen molar-refractivity contribution in [2.45, 2.75) is 38.4 Å². The molecular weight excluding hydrogens is 248 g/mol. The van der Waals surface area contributed by atoms with Crippen molar-refractivity contribution in [1.29, 1.82) is 0 Å². The van der Waals surface area contributed by atoms with Crippen LogP contribution in [0.1, 0.15) is 25.5 Å². The predicted molar refractivity (Wildman–Crippen MR) is 67.6 cm³/mol. The number of aliphatic carboxylic acids is 1. The number of carbonyl (C=O) groups is 1. The van der Waals surface area contributed by atoms with Gasteiger partial charge in [-0.1, -0.05) is 0 Å². The number of carboxylic acid groups (broad SMARTS) is 1. The van der Waals surface area contributed by atoms with Crippen LogP contribution in [0.15, 0.2) is 6.20 Å². The Morgan fingerprint density at radius 1 is 1.63 bits per heavy atom. The maximum absolute atomic E-state index is 11.6. The topological polar surface area (TPSA) is 80.5 Å². The summed E-state index contributed by atoms with van der Waals surface area (Å²) >= 11 is 0. The van der Waals surface area contributed by atoms with E-state index in [2.05, 4.69) is 10.2 Å². The van der Waals surface area contributed by atoms with Gasteiger partial charge in [0, 0.05) is 13.7 Å². The van der Waals surface area contributed by atoms with Gasteiger partial charge in [-0.2, -0.15) is 15.0 Å². The number of aryl methyl sites for hydroxylation is 1. The first-order valence-corrected chi connectivity index (χ1v) is 6.49. The van der Waals surface area contributed by atoms with Crippen LogP contribution in [0.5, 0.6) is 0 Å². The molecule has 0 aromatic carbocycles. The van der Waals surface area contributed by atoms with Gasteiger partial charge in [-0.3, -0.25) is 9.69 Å². The number of ether oxygens (including phenoxy) is 1. The average Bonchev–Trinajstić information content (AvgIpc) is 2.98. The van der Waals surface area contributed by atoms with Crippen molar-refractivity contribution < 1.29 is 14.6 Å². The van der Waals surface area contributed by atoms with E-state index in [1.54, 1.807) is 11.0 Å². The third-order valence-electron chi connectivity index (χ3n) is 3.62. The maximum Gasteiger partial charge on any atom is 0.326 e. The second kappa shape index (κ2) is 5.66. The highest BCUT2D eigenvalue weighted by Gasteiger charge is 2.47. The Kier molecular flexibility index (Phi) is 4.16. The minimum Gasteiger partial charge on any atom is -0.480 e. The van der Waals surface area contributed by atoms with Crippen molar-refractivity contribution in [3.8, 4) is 0 Å². The van der Waals surface area contributed by atoms with Crippen LogP contribution in [-0.4, -0.2) is 56.8 Å². The molecule has 106 valence electrons. The zero-order chi connectivity index (χ0) is 13.9. The smallest absolute Gasteiger partial charge is 0.326 e. The lowest BCUT2D eigenvalue weighted by molar-refractivity contribution is -0.153. The average molecular weight is 268 g/mol. The van der Waals surface area contributed by atoms with E-state index in [1.807, 2.05) is 11.8 Å². The van der Waals surface area contributed by atoms with Crippen LogP contribution in [0.3, 0.4) is 0 Å². The molecule has 0 spiro atoms. The van der Waals surface area contributed by atoms with Gasteiger partial charge in [0.25, 0.3) is 0 Å². The fourth-order valence-electron chi connectivity index (χ4n) is 2.62. The number of rotatable bonds is 6. The Morgan fingerprint density at radius 2 is 2.42 bits per heavy atom. The molecule has 19 heavy (non-hydrogen) atoms. The van der Waals surface area contributed by atoms with Crippen LogP contribution in [0, 0.1) is 0 Å². The van der Waals surface area contributed by atoms with Crippen LogP contribution in [0.2, 0.25) is 0 Å². The predicted octanol–water partition coefficient (Wildman–Crippen LogP) is 0.364. The second-order valence-corrected chi connectivity index (χ2v) is 4.82. The molecule has 1 N–H and O–H groups in total. The van der Waals surface area contributed by atoms with Gasteiger partial charge in [0.2, 0.25) is 0 Å². The molecule has 0 amide bonds. The summed E-state index contributed by atoms with van der Waals surface area (Å²) in [6.45, 7) is 4.11. The van der Waals surface area contributed by atoms with E-state index in [4.69, 9.17) is 4.74 Å². The summed E-state index contributed by atoms with van der Waals surface area (Å²) in [5.74, 6) is -0.824. The van der Waals surface area contributed by atoms with E-state index < -0.39 is 11.5 Å². The SMILES string of the molecule is CCn1ncc(CN2CCCC2(COC)C(=O)O)n1. The minimum atomic E-state index is -0.926. The van der Waals surface area contributed by atoms with Gasteiger partial charge in [-0.15, -0.1) is 0 Å². The van der Waals surface area contributed by atoms with Crippen molar-refractivity contribution in [3.63, 3.8) is 0 Å². The first kappa shape index (κ1) is 14.0. The van der Waals surface area contributed by atoms with E-state index in [0.29, 0.717) is 19.5 Å². The van der Waals surface area contributed by atoms with E-state index in [1.165, 1.54) is 7.11 Å². The first-order chi connectivity index (χ1) is 9.12. The van der Waals surface area contributed by atoms with Gasteiger partial charge in [0.1, 0.15) is 5.54 Å². The van der Waals surface area contributed by atoms with Crippen LogP contribution >= 0.6 is 0 Å². The van der Waals surface area contributed by atoms with Gasteiger partial charge in [-0.05, 0) is 26.3 Å². The lowest BCUT2D eigenvalue weighted by Crippen LogP contribution is -2.53. The number of nitrogens with zero attached hydrogens (tertiary/aromatic N) is 4.